The van der Waals surface area contributed by atoms with Gasteiger partial charge in [0.1, 0.15) is 17.0 Å². The minimum absolute atomic E-state index is 0.0836. The van der Waals surface area contributed by atoms with Gasteiger partial charge in [0.15, 0.2) is 0 Å². The summed E-state index contributed by atoms with van der Waals surface area (Å²) in [6, 6.07) is 11.3. The van der Waals surface area contributed by atoms with E-state index in [2.05, 4.69) is 16.1 Å². The third-order valence-electron chi connectivity index (χ3n) is 4.83. The fourth-order valence-electron chi connectivity index (χ4n) is 2.99. The Hall–Kier alpha value is -3.23. The maximum atomic E-state index is 13.1. The molecule has 0 saturated carbocycles. The van der Waals surface area contributed by atoms with E-state index in [0.29, 0.717) is 33.8 Å². The van der Waals surface area contributed by atoms with Crippen molar-refractivity contribution in [2.45, 2.75) is 26.3 Å². The van der Waals surface area contributed by atoms with E-state index in [1.54, 1.807) is 43.3 Å². The van der Waals surface area contributed by atoms with E-state index in [0.717, 1.165) is 0 Å². The molecule has 3 aromatic rings. The highest BCUT2D eigenvalue weighted by atomic mass is 35.5. The molecular weight excluding hydrogens is 455 g/mol. The van der Waals surface area contributed by atoms with Crippen LogP contribution in [0.25, 0.3) is 10.9 Å². The predicted octanol–water partition coefficient (Wildman–Crippen LogP) is 4.19. The number of nitrogens with zero attached hydrogens (tertiary/aromatic N) is 1. The number of benzene rings is 2. The Kier molecular flexibility index (Phi) is 7.27. The second-order valence-corrected chi connectivity index (χ2v) is 7.88. The molecule has 0 spiro atoms. The second-order valence-electron chi connectivity index (χ2n) is 7.07. The zero-order valence-electron chi connectivity index (χ0n) is 17.7. The van der Waals surface area contributed by atoms with Crippen molar-refractivity contribution in [3.63, 3.8) is 0 Å². The lowest BCUT2D eigenvalue weighted by Crippen LogP contribution is -2.43. The molecule has 0 aliphatic heterocycles. The Morgan fingerprint density at radius 2 is 1.81 bits per heavy atom. The number of aromatic nitrogens is 1. The summed E-state index contributed by atoms with van der Waals surface area (Å²) in [7, 11) is 1.47. The van der Waals surface area contributed by atoms with E-state index >= 15 is 0 Å². The molecule has 3 amide bonds. The number of ether oxygens (including phenoxy) is 1. The predicted molar refractivity (Wildman–Crippen MR) is 125 cm³/mol. The molecular formula is C22H22Cl2N4O4. The average Bonchev–Trinajstić information content (AvgIpc) is 3.14. The number of rotatable bonds is 6. The molecule has 0 radical (unpaired) electrons. The fraction of sp³-hybridized carbons (Fsp3) is 0.227. The lowest BCUT2D eigenvalue weighted by Gasteiger charge is -2.15. The van der Waals surface area contributed by atoms with Crippen LogP contribution in [-0.4, -0.2) is 35.5 Å². The minimum Gasteiger partial charge on any atom is -0.494 e. The molecule has 0 saturated heterocycles. The molecule has 0 fully saturated rings. The maximum Gasteiger partial charge on any atom is 0.328 e. The number of carbonyl (C=O) groups excluding carboxylic acids is 3. The normalized spacial score (nSPS) is 11.7. The van der Waals surface area contributed by atoms with Crippen molar-refractivity contribution in [2.75, 3.05) is 17.9 Å². The Bertz CT molecular complexity index is 1190. The summed E-state index contributed by atoms with van der Waals surface area (Å²) >= 11 is 12.0. The van der Waals surface area contributed by atoms with Crippen LogP contribution in [0.1, 0.15) is 30.8 Å². The largest absolute Gasteiger partial charge is 0.494 e. The van der Waals surface area contributed by atoms with Crippen molar-refractivity contribution in [1.29, 1.82) is 0 Å². The standard InChI is InChI=1S/C22H22Cl2N4O4/c1-4-12(2)25-21(30)22(31)27-28-17(10-13-6-5-7-18(32-3)19(13)28)20(29)26-14-8-9-15(23)16(24)11-14/h5-12H,4H2,1-3H3,(H,25,30)(H,26,29)(H,27,31)/t12-/m0/s1. The quantitative estimate of drug-likeness (QED) is 0.464. The van der Waals surface area contributed by atoms with E-state index in [1.165, 1.54) is 17.9 Å². The molecule has 10 heteroatoms. The first-order chi connectivity index (χ1) is 15.2. The average molecular weight is 477 g/mol. The monoisotopic (exact) mass is 476 g/mol. The van der Waals surface area contributed by atoms with Gasteiger partial charge in [-0.3, -0.25) is 19.8 Å². The van der Waals surface area contributed by atoms with Gasteiger partial charge in [-0.25, -0.2) is 4.68 Å². The Balaban J connectivity index is 2.00. The highest BCUT2D eigenvalue weighted by Gasteiger charge is 2.23. The molecule has 8 nitrogen and oxygen atoms in total. The van der Waals surface area contributed by atoms with Crippen LogP contribution in [0.4, 0.5) is 5.69 Å². The molecule has 0 bridgehead atoms. The van der Waals surface area contributed by atoms with Crippen molar-refractivity contribution in [3.8, 4) is 5.75 Å². The van der Waals surface area contributed by atoms with Crippen LogP contribution in [0.5, 0.6) is 5.75 Å². The van der Waals surface area contributed by atoms with Crippen molar-refractivity contribution in [2.24, 2.45) is 0 Å². The Morgan fingerprint density at radius 3 is 2.47 bits per heavy atom. The van der Waals surface area contributed by atoms with Gasteiger partial charge >= 0.3 is 11.8 Å². The lowest BCUT2D eigenvalue weighted by molar-refractivity contribution is -0.137. The number of methoxy groups -OCH3 is 1. The van der Waals surface area contributed by atoms with E-state index in [1.807, 2.05) is 6.92 Å². The third kappa shape index (κ3) is 4.98. The molecule has 3 rings (SSSR count). The maximum absolute atomic E-state index is 13.1. The number of anilines is 1. The second kappa shape index (κ2) is 9.93. The minimum atomic E-state index is -0.919. The number of para-hydroxylation sites is 1. The summed E-state index contributed by atoms with van der Waals surface area (Å²) in [6.45, 7) is 3.67. The first-order valence-electron chi connectivity index (χ1n) is 9.81. The van der Waals surface area contributed by atoms with Gasteiger partial charge in [0, 0.05) is 17.1 Å². The first-order valence-corrected chi connectivity index (χ1v) is 10.6. The lowest BCUT2D eigenvalue weighted by atomic mass is 10.2. The van der Waals surface area contributed by atoms with Gasteiger partial charge in [0.05, 0.1) is 17.2 Å². The van der Waals surface area contributed by atoms with Crippen molar-refractivity contribution < 1.29 is 19.1 Å². The van der Waals surface area contributed by atoms with E-state index in [9.17, 15) is 14.4 Å². The number of hydrogen-bond donors (Lipinski definition) is 3. The van der Waals surface area contributed by atoms with Gasteiger partial charge in [0.2, 0.25) is 0 Å². The van der Waals surface area contributed by atoms with E-state index in [4.69, 9.17) is 27.9 Å². The third-order valence-corrected chi connectivity index (χ3v) is 5.57. The molecule has 168 valence electrons. The van der Waals surface area contributed by atoms with E-state index in [-0.39, 0.29) is 16.8 Å². The van der Waals surface area contributed by atoms with Crippen LogP contribution in [-0.2, 0) is 9.59 Å². The zero-order valence-corrected chi connectivity index (χ0v) is 19.2. The Morgan fingerprint density at radius 1 is 1.06 bits per heavy atom. The van der Waals surface area contributed by atoms with E-state index < -0.39 is 17.7 Å². The SMILES string of the molecule is CC[C@H](C)NC(=O)C(=O)Nn1c(C(=O)Nc2ccc(Cl)c(Cl)c2)cc2cccc(OC)c21. The van der Waals surface area contributed by atoms with Crippen molar-refractivity contribution >= 4 is 57.5 Å². The molecule has 0 unspecified atom stereocenters. The van der Waals surface area contributed by atoms with Gasteiger partial charge in [-0.05, 0) is 43.7 Å². The zero-order chi connectivity index (χ0) is 23.4. The van der Waals surface area contributed by atoms with Gasteiger partial charge in [-0.2, -0.15) is 0 Å². The number of fused-ring (bicyclic) bond motifs is 1. The summed E-state index contributed by atoms with van der Waals surface area (Å²) in [4.78, 5) is 37.9. The smallest absolute Gasteiger partial charge is 0.328 e. The molecule has 2 aromatic carbocycles. The molecule has 1 atom stereocenters. The van der Waals surface area contributed by atoms with Gasteiger partial charge in [-0.1, -0.05) is 42.3 Å². The van der Waals surface area contributed by atoms with Crippen LogP contribution in [0.3, 0.4) is 0 Å². The van der Waals surface area contributed by atoms with Crippen LogP contribution in [0.2, 0.25) is 10.0 Å². The molecule has 1 aromatic heterocycles. The molecule has 3 N–H and O–H groups in total. The topological polar surface area (TPSA) is 101 Å². The van der Waals surface area contributed by atoms with Crippen LogP contribution < -0.4 is 20.8 Å². The molecule has 1 heterocycles. The summed E-state index contributed by atoms with van der Waals surface area (Å²) in [5.41, 5.74) is 3.43. The van der Waals surface area contributed by atoms with Gasteiger partial charge in [-0.15, -0.1) is 0 Å². The number of amides is 3. The first kappa shape index (κ1) is 23.4. The highest BCUT2D eigenvalue weighted by molar-refractivity contribution is 6.42. The highest BCUT2D eigenvalue weighted by Crippen LogP contribution is 2.29. The summed E-state index contributed by atoms with van der Waals surface area (Å²) in [5, 5.41) is 6.57. The molecule has 32 heavy (non-hydrogen) atoms. The Labute approximate surface area is 194 Å². The van der Waals surface area contributed by atoms with Crippen LogP contribution >= 0.6 is 23.2 Å². The van der Waals surface area contributed by atoms with Crippen molar-refractivity contribution in [3.05, 3.63) is 58.2 Å². The van der Waals surface area contributed by atoms with Crippen molar-refractivity contribution in [1.82, 2.24) is 9.99 Å². The van der Waals surface area contributed by atoms with Crippen LogP contribution in [0, 0.1) is 0 Å². The van der Waals surface area contributed by atoms with Crippen LogP contribution in [0.15, 0.2) is 42.5 Å². The summed E-state index contributed by atoms with van der Waals surface area (Å²) in [5.74, 6) is -1.85. The molecule has 0 aliphatic carbocycles. The summed E-state index contributed by atoms with van der Waals surface area (Å²) < 4.78 is 6.63. The number of nitrogens with one attached hydrogen (secondary N) is 3. The fourth-order valence-corrected chi connectivity index (χ4v) is 3.29. The number of carbonyl (C=O) groups is 3. The van der Waals surface area contributed by atoms with Gasteiger partial charge < -0.3 is 15.4 Å². The van der Waals surface area contributed by atoms with Gasteiger partial charge in [0.25, 0.3) is 5.91 Å². The number of hydrogen-bond acceptors (Lipinski definition) is 4. The summed E-state index contributed by atoms with van der Waals surface area (Å²) in [6.07, 6.45) is 0.663. The number of halogens is 2. The molecule has 0 aliphatic rings.